The third-order valence-corrected chi connectivity index (χ3v) is 5.19. The second-order valence-corrected chi connectivity index (χ2v) is 8.15. The number of benzene rings is 3. The van der Waals surface area contributed by atoms with Crippen LogP contribution in [0.3, 0.4) is 0 Å². The van der Waals surface area contributed by atoms with Gasteiger partial charge in [0.1, 0.15) is 11.0 Å². The molecule has 0 aliphatic heterocycles. The van der Waals surface area contributed by atoms with Crippen LogP contribution in [0.5, 0.6) is 0 Å². The minimum absolute atomic E-state index is 0.144. The summed E-state index contributed by atoms with van der Waals surface area (Å²) in [5.41, 5.74) is 5.01. The average molecular weight is 482 g/mol. The van der Waals surface area contributed by atoms with E-state index in [1.807, 2.05) is 48.5 Å². The first-order valence-electron chi connectivity index (χ1n) is 9.04. The molecule has 1 aromatic heterocycles. The maximum Gasteiger partial charge on any atom is 0.255 e. The van der Waals surface area contributed by atoms with Crippen molar-refractivity contribution in [2.24, 2.45) is 0 Å². The number of anilines is 1. The topological polar surface area (TPSA) is 59.8 Å². The fourth-order valence-electron chi connectivity index (χ4n) is 2.93. The molecule has 3 aromatic carbocycles. The first-order valence-corrected chi connectivity index (χ1v) is 10.1. The Morgan fingerprint density at radius 1 is 0.964 bits per heavy atom. The molecule has 0 bridgehead atoms. The molecule has 140 valence electrons. The molecule has 0 saturated heterocycles. The van der Waals surface area contributed by atoms with Crippen molar-refractivity contribution in [2.75, 3.05) is 5.32 Å². The van der Waals surface area contributed by atoms with Crippen molar-refractivity contribution < 1.29 is 4.79 Å². The van der Waals surface area contributed by atoms with E-state index >= 15 is 0 Å². The number of halogens is 1. The van der Waals surface area contributed by atoms with Crippen molar-refractivity contribution in [1.29, 1.82) is 0 Å². The van der Waals surface area contributed by atoms with E-state index in [1.165, 1.54) is 5.56 Å². The van der Waals surface area contributed by atoms with Crippen LogP contribution in [-0.2, 0) is 0 Å². The Kier molecular flexibility index (Phi) is 5.13. The van der Waals surface area contributed by atoms with Crippen LogP contribution in [0.25, 0.3) is 16.7 Å². The Labute approximate surface area is 176 Å². The Hall–Kier alpha value is -2.74. The quantitative estimate of drug-likeness (QED) is 0.397. The summed E-state index contributed by atoms with van der Waals surface area (Å²) in [5.74, 6) is 0.340. The number of nitrogens with one attached hydrogen (secondary N) is 1. The van der Waals surface area contributed by atoms with Gasteiger partial charge >= 0.3 is 0 Å². The number of carbonyl (C=O) groups is 1. The molecule has 1 amide bonds. The van der Waals surface area contributed by atoms with Gasteiger partial charge in [-0.25, -0.2) is 0 Å². The summed E-state index contributed by atoms with van der Waals surface area (Å²) in [4.78, 5) is 14.1. The summed E-state index contributed by atoms with van der Waals surface area (Å²) in [6, 6.07) is 21.3. The molecule has 28 heavy (non-hydrogen) atoms. The van der Waals surface area contributed by atoms with Gasteiger partial charge in [-0.3, -0.25) is 4.79 Å². The predicted molar refractivity (Wildman–Crippen MR) is 120 cm³/mol. The SMILES string of the molecule is CC(C)c1ccc(-n2nc3ccc(NC(=O)c4cccc(I)c4)cc3n2)cc1. The first kappa shape index (κ1) is 18.6. The van der Waals surface area contributed by atoms with Gasteiger partial charge in [-0.2, -0.15) is 4.80 Å². The van der Waals surface area contributed by atoms with Crippen LogP contribution in [0.15, 0.2) is 66.7 Å². The highest BCUT2D eigenvalue weighted by Gasteiger charge is 2.10. The summed E-state index contributed by atoms with van der Waals surface area (Å²) in [7, 11) is 0. The molecule has 0 spiro atoms. The Bertz CT molecular complexity index is 1150. The number of fused-ring (bicyclic) bond motifs is 1. The largest absolute Gasteiger partial charge is 0.322 e. The molecular formula is C22H19IN4O. The normalized spacial score (nSPS) is 11.1. The molecule has 0 unspecified atom stereocenters. The maximum atomic E-state index is 12.5. The molecule has 5 nitrogen and oxygen atoms in total. The van der Waals surface area contributed by atoms with Crippen LogP contribution < -0.4 is 5.32 Å². The van der Waals surface area contributed by atoms with Gasteiger partial charge in [-0.1, -0.05) is 32.0 Å². The first-order chi connectivity index (χ1) is 13.5. The smallest absolute Gasteiger partial charge is 0.255 e. The van der Waals surface area contributed by atoms with Gasteiger partial charge in [0.05, 0.1) is 5.69 Å². The second-order valence-electron chi connectivity index (χ2n) is 6.90. The minimum Gasteiger partial charge on any atom is -0.322 e. The highest BCUT2D eigenvalue weighted by atomic mass is 127. The van der Waals surface area contributed by atoms with Crippen LogP contribution in [0, 0.1) is 3.57 Å². The lowest BCUT2D eigenvalue weighted by molar-refractivity contribution is 0.102. The summed E-state index contributed by atoms with van der Waals surface area (Å²) in [6.45, 7) is 4.34. The summed E-state index contributed by atoms with van der Waals surface area (Å²) in [6.07, 6.45) is 0. The molecule has 0 saturated carbocycles. The molecule has 0 aliphatic rings. The van der Waals surface area contributed by atoms with Crippen LogP contribution in [0.1, 0.15) is 35.7 Å². The number of amides is 1. The fraction of sp³-hybridized carbons (Fsp3) is 0.136. The van der Waals surface area contributed by atoms with E-state index in [9.17, 15) is 4.79 Å². The van der Waals surface area contributed by atoms with Gasteiger partial charge in [0.15, 0.2) is 0 Å². The number of hydrogen-bond donors (Lipinski definition) is 1. The Morgan fingerprint density at radius 2 is 1.71 bits per heavy atom. The molecule has 0 aliphatic carbocycles. The zero-order valence-corrected chi connectivity index (χ0v) is 17.7. The van der Waals surface area contributed by atoms with Crippen LogP contribution in [-0.4, -0.2) is 20.9 Å². The van der Waals surface area contributed by atoms with Crippen molar-refractivity contribution in [3.63, 3.8) is 0 Å². The van der Waals surface area contributed by atoms with Crippen molar-refractivity contribution in [2.45, 2.75) is 19.8 Å². The Morgan fingerprint density at radius 3 is 2.43 bits per heavy atom. The van der Waals surface area contributed by atoms with Gasteiger partial charge in [-0.15, -0.1) is 10.2 Å². The Balaban J connectivity index is 1.58. The van der Waals surface area contributed by atoms with Crippen molar-refractivity contribution >= 4 is 45.2 Å². The zero-order chi connectivity index (χ0) is 19.7. The fourth-order valence-corrected chi connectivity index (χ4v) is 3.48. The number of aromatic nitrogens is 3. The van der Waals surface area contributed by atoms with Crippen molar-refractivity contribution in [1.82, 2.24) is 15.0 Å². The van der Waals surface area contributed by atoms with E-state index in [0.717, 1.165) is 20.3 Å². The average Bonchev–Trinajstić information content (AvgIpc) is 3.11. The summed E-state index contributed by atoms with van der Waals surface area (Å²) in [5, 5.41) is 12.0. The van der Waals surface area contributed by atoms with E-state index in [4.69, 9.17) is 0 Å². The molecule has 0 radical (unpaired) electrons. The number of carbonyl (C=O) groups excluding carboxylic acids is 1. The van der Waals surface area contributed by atoms with Gasteiger partial charge in [0.2, 0.25) is 0 Å². The molecule has 0 atom stereocenters. The molecule has 4 rings (SSSR count). The van der Waals surface area contributed by atoms with E-state index in [-0.39, 0.29) is 5.91 Å². The minimum atomic E-state index is -0.144. The van der Waals surface area contributed by atoms with Crippen LogP contribution in [0.4, 0.5) is 5.69 Å². The number of nitrogens with zero attached hydrogens (tertiary/aromatic N) is 3. The van der Waals surface area contributed by atoms with E-state index < -0.39 is 0 Å². The highest BCUT2D eigenvalue weighted by Crippen LogP contribution is 2.20. The van der Waals surface area contributed by atoms with Gasteiger partial charge in [0, 0.05) is 14.8 Å². The molecular weight excluding hydrogens is 463 g/mol. The lowest BCUT2D eigenvalue weighted by Crippen LogP contribution is -2.11. The van der Waals surface area contributed by atoms with Crippen molar-refractivity contribution in [3.8, 4) is 5.69 Å². The van der Waals surface area contributed by atoms with Gasteiger partial charge in [-0.05, 0) is 82.6 Å². The van der Waals surface area contributed by atoms with Crippen LogP contribution in [0.2, 0.25) is 0 Å². The number of rotatable bonds is 4. The molecule has 6 heteroatoms. The summed E-state index contributed by atoms with van der Waals surface area (Å²) >= 11 is 2.19. The molecule has 0 fully saturated rings. The maximum absolute atomic E-state index is 12.5. The lowest BCUT2D eigenvalue weighted by Gasteiger charge is -2.05. The van der Waals surface area contributed by atoms with Gasteiger partial charge in [0.25, 0.3) is 5.91 Å². The second kappa shape index (κ2) is 7.71. The lowest BCUT2D eigenvalue weighted by atomic mass is 10.0. The standard InChI is InChI=1S/C22H19IN4O/c1-14(2)15-6-9-19(10-7-15)27-25-20-11-8-18(13-21(20)26-27)24-22(28)16-4-3-5-17(23)12-16/h3-14H,1-2H3,(H,24,28). The predicted octanol–water partition coefficient (Wildman–Crippen LogP) is 5.40. The van der Waals surface area contributed by atoms with Gasteiger partial charge < -0.3 is 5.32 Å². The molecule has 1 heterocycles. The zero-order valence-electron chi connectivity index (χ0n) is 15.6. The van der Waals surface area contributed by atoms with E-state index in [0.29, 0.717) is 17.2 Å². The monoisotopic (exact) mass is 482 g/mol. The third kappa shape index (κ3) is 3.91. The van der Waals surface area contributed by atoms with Crippen LogP contribution >= 0.6 is 22.6 Å². The number of hydrogen-bond acceptors (Lipinski definition) is 3. The third-order valence-electron chi connectivity index (χ3n) is 4.52. The highest BCUT2D eigenvalue weighted by molar-refractivity contribution is 14.1. The molecule has 4 aromatic rings. The molecule has 1 N–H and O–H groups in total. The van der Waals surface area contributed by atoms with E-state index in [1.54, 1.807) is 10.9 Å². The van der Waals surface area contributed by atoms with E-state index in [2.05, 4.69) is 64.1 Å². The summed E-state index contributed by atoms with van der Waals surface area (Å²) < 4.78 is 1.02. The van der Waals surface area contributed by atoms with Crippen molar-refractivity contribution in [3.05, 3.63) is 81.4 Å².